The Balaban J connectivity index is 2.14. The number of benzene rings is 1. The quantitative estimate of drug-likeness (QED) is 0.899. The lowest BCUT2D eigenvalue weighted by atomic mass is 10.1. The van der Waals surface area contributed by atoms with E-state index in [0.29, 0.717) is 0 Å². The van der Waals surface area contributed by atoms with Gasteiger partial charge in [-0.2, -0.15) is 0 Å². The molecule has 5 nitrogen and oxygen atoms in total. The second kappa shape index (κ2) is 6.22. The van der Waals surface area contributed by atoms with E-state index in [1.807, 2.05) is 0 Å². The van der Waals surface area contributed by atoms with Gasteiger partial charge in [-0.3, -0.25) is 9.59 Å². The average Bonchev–Trinajstić information content (AvgIpc) is 2.80. The second-order valence-corrected chi connectivity index (χ2v) is 5.34. The molecule has 1 aromatic carbocycles. The fraction of sp³-hybridized carbons (Fsp3) is 0.467. The molecule has 21 heavy (non-hydrogen) atoms. The van der Waals surface area contributed by atoms with Crippen LogP contribution in [0.5, 0.6) is 0 Å². The summed E-state index contributed by atoms with van der Waals surface area (Å²) in [6.07, 6.45) is 0.0713. The van der Waals surface area contributed by atoms with Crippen LogP contribution >= 0.6 is 0 Å². The van der Waals surface area contributed by atoms with Crippen LogP contribution in [0.4, 0.5) is 10.1 Å². The largest absolute Gasteiger partial charge is 0.395 e. The van der Waals surface area contributed by atoms with E-state index in [0.717, 1.165) is 5.56 Å². The summed E-state index contributed by atoms with van der Waals surface area (Å²) in [5, 5.41) is 8.85. The maximum Gasteiger partial charge on any atom is 0.227 e. The van der Waals surface area contributed by atoms with Crippen molar-refractivity contribution in [2.24, 2.45) is 5.92 Å². The van der Waals surface area contributed by atoms with Crippen molar-refractivity contribution in [1.29, 1.82) is 0 Å². The molecule has 1 heterocycles. The smallest absolute Gasteiger partial charge is 0.227 e. The molecule has 0 spiro atoms. The van der Waals surface area contributed by atoms with Gasteiger partial charge in [-0.15, -0.1) is 0 Å². The van der Waals surface area contributed by atoms with E-state index < -0.39 is 11.7 Å². The number of hydrogen-bond donors (Lipinski definition) is 1. The molecule has 0 aliphatic carbocycles. The summed E-state index contributed by atoms with van der Waals surface area (Å²) < 4.78 is 14.0. The number of carbonyl (C=O) groups is 2. The van der Waals surface area contributed by atoms with Crippen molar-refractivity contribution in [3.63, 3.8) is 0 Å². The number of carbonyl (C=O) groups excluding carboxylic acids is 2. The molecule has 0 aromatic heterocycles. The molecular weight excluding hydrogens is 275 g/mol. The Labute approximate surface area is 123 Å². The molecule has 0 saturated carbocycles. The maximum absolute atomic E-state index is 14.0. The molecule has 1 aliphatic rings. The number of aryl methyl sites for hydroxylation is 1. The van der Waals surface area contributed by atoms with E-state index in [-0.39, 0.29) is 43.6 Å². The molecule has 114 valence electrons. The second-order valence-electron chi connectivity index (χ2n) is 5.34. The van der Waals surface area contributed by atoms with E-state index in [1.54, 1.807) is 26.1 Å². The first-order chi connectivity index (χ1) is 9.93. The molecule has 2 amide bonds. The van der Waals surface area contributed by atoms with Crippen LogP contribution in [0.15, 0.2) is 18.2 Å². The van der Waals surface area contributed by atoms with Crippen molar-refractivity contribution in [2.75, 3.05) is 31.6 Å². The molecule has 1 fully saturated rings. The maximum atomic E-state index is 14.0. The van der Waals surface area contributed by atoms with Gasteiger partial charge >= 0.3 is 0 Å². The Morgan fingerprint density at radius 3 is 2.86 bits per heavy atom. The number of amides is 2. The fourth-order valence-electron chi connectivity index (χ4n) is 2.51. The zero-order valence-electron chi connectivity index (χ0n) is 12.2. The SMILES string of the molecule is Cc1ccc(N2CC(C(=O)N(C)CCO)CC2=O)c(F)c1. The van der Waals surface area contributed by atoms with E-state index in [4.69, 9.17) is 5.11 Å². The number of nitrogens with zero attached hydrogens (tertiary/aromatic N) is 2. The number of halogens is 1. The van der Waals surface area contributed by atoms with Gasteiger partial charge in [0.1, 0.15) is 5.82 Å². The van der Waals surface area contributed by atoms with Gasteiger partial charge in [0.05, 0.1) is 18.2 Å². The van der Waals surface area contributed by atoms with Crippen molar-refractivity contribution < 1.29 is 19.1 Å². The topological polar surface area (TPSA) is 60.9 Å². The monoisotopic (exact) mass is 294 g/mol. The highest BCUT2D eigenvalue weighted by atomic mass is 19.1. The summed E-state index contributed by atoms with van der Waals surface area (Å²) in [4.78, 5) is 26.9. The van der Waals surface area contributed by atoms with Gasteiger partial charge in [-0.05, 0) is 24.6 Å². The highest BCUT2D eigenvalue weighted by Crippen LogP contribution is 2.28. The first-order valence-corrected chi connectivity index (χ1v) is 6.86. The van der Waals surface area contributed by atoms with Crippen LogP contribution < -0.4 is 4.90 Å². The Morgan fingerprint density at radius 2 is 2.24 bits per heavy atom. The molecule has 1 atom stereocenters. The predicted molar refractivity (Wildman–Crippen MR) is 76.3 cm³/mol. The van der Waals surface area contributed by atoms with E-state index in [1.165, 1.54) is 15.9 Å². The summed E-state index contributed by atoms with van der Waals surface area (Å²) in [7, 11) is 1.58. The van der Waals surface area contributed by atoms with Gasteiger partial charge in [-0.1, -0.05) is 6.07 Å². The van der Waals surface area contributed by atoms with E-state index >= 15 is 0 Å². The van der Waals surface area contributed by atoms with Crippen molar-refractivity contribution in [1.82, 2.24) is 4.90 Å². The molecule has 2 rings (SSSR count). The zero-order valence-corrected chi connectivity index (χ0v) is 12.2. The van der Waals surface area contributed by atoms with Crippen LogP contribution in [0.1, 0.15) is 12.0 Å². The fourth-order valence-corrected chi connectivity index (χ4v) is 2.51. The number of likely N-dealkylation sites (N-methyl/N-ethyl adjacent to an activating group) is 1. The summed E-state index contributed by atoms with van der Waals surface area (Å²) >= 11 is 0. The molecule has 6 heteroatoms. The molecule has 0 radical (unpaired) electrons. The molecule has 1 saturated heterocycles. The Morgan fingerprint density at radius 1 is 1.52 bits per heavy atom. The van der Waals surface area contributed by atoms with Gasteiger partial charge < -0.3 is 14.9 Å². The highest BCUT2D eigenvalue weighted by molar-refractivity contribution is 6.00. The van der Waals surface area contributed by atoms with Crippen LogP contribution in [0.25, 0.3) is 0 Å². The third-order valence-corrected chi connectivity index (χ3v) is 3.68. The Kier molecular flexibility index (Phi) is 4.57. The third kappa shape index (κ3) is 3.21. The molecule has 1 unspecified atom stereocenters. The lowest BCUT2D eigenvalue weighted by Gasteiger charge is -2.21. The molecule has 1 N–H and O–H groups in total. The molecular formula is C15H19FN2O3. The number of hydrogen-bond acceptors (Lipinski definition) is 3. The summed E-state index contributed by atoms with van der Waals surface area (Å²) in [6, 6.07) is 4.67. The average molecular weight is 294 g/mol. The Hall–Kier alpha value is -1.95. The minimum atomic E-state index is -0.491. The normalized spacial score (nSPS) is 18.2. The van der Waals surface area contributed by atoms with Gasteiger partial charge in [0.15, 0.2) is 0 Å². The highest BCUT2D eigenvalue weighted by Gasteiger charge is 2.37. The molecule has 0 bridgehead atoms. The number of rotatable bonds is 4. The van der Waals surface area contributed by atoms with Crippen LogP contribution in [0.3, 0.4) is 0 Å². The number of aliphatic hydroxyl groups excluding tert-OH is 1. The lowest BCUT2D eigenvalue weighted by molar-refractivity contribution is -0.134. The van der Waals surface area contributed by atoms with Gasteiger partial charge in [0.25, 0.3) is 0 Å². The van der Waals surface area contributed by atoms with Crippen molar-refractivity contribution in [3.8, 4) is 0 Å². The number of aliphatic hydroxyl groups is 1. The standard InChI is InChI=1S/C15H19FN2O3/c1-10-3-4-13(12(16)7-10)18-9-11(8-14(18)20)15(21)17(2)5-6-19/h3-4,7,11,19H,5-6,8-9H2,1-2H3. The molecule has 1 aliphatic heterocycles. The van der Waals surface area contributed by atoms with Gasteiger partial charge in [0.2, 0.25) is 11.8 Å². The summed E-state index contributed by atoms with van der Waals surface area (Å²) in [6.45, 7) is 2.05. The van der Waals surface area contributed by atoms with Crippen molar-refractivity contribution >= 4 is 17.5 Å². The van der Waals surface area contributed by atoms with Crippen LogP contribution in [-0.2, 0) is 9.59 Å². The van der Waals surface area contributed by atoms with Crippen LogP contribution in [0.2, 0.25) is 0 Å². The third-order valence-electron chi connectivity index (χ3n) is 3.68. The lowest BCUT2D eigenvalue weighted by Crippen LogP contribution is -2.36. The van der Waals surface area contributed by atoms with E-state index in [9.17, 15) is 14.0 Å². The first-order valence-electron chi connectivity index (χ1n) is 6.86. The predicted octanol–water partition coefficient (Wildman–Crippen LogP) is 0.938. The molecule has 1 aromatic rings. The van der Waals surface area contributed by atoms with Crippen LogP contribution in [-0.4, -0.2) is 48.6 Å². The minimum absolute atomic E-state index is 0.0713. The zero-order chi connectivity index (χ0) is 15.6. The Bertz CT molecular complexity index is 562. The van der Waals surface area contributed by atoms with Gasteiger partial charge in [0, 0.05) is 26.6 Å². The van der Waals surface area contributed by atoms with E-state index in [2.05, 4.69) is 0 Å². The number of anilines is 1. The van der Waals surface area contributed by atoms with Crippen molar-refractivity contribution in [2.45, 2.75) is 13.3 Å². The minimum Gasteiger partial charge on any atom is -0.395 e. The van der Waals surface area contributed by atoms with Crippen LogP contribution in [0, 0.1) is 18.7 Å². The summed E-state index contributed by atoms with van der Waals surface area (Å²) in [5.74, 6) is -1.41. The van der Waals surface area contributed by atoms with Crippen molar-refractivity contribution in [3.05, 3.63) is 29.6 Å². The van der Waals surface area contributed by atoms with Gasteiger partial charge in [-0.25, -0.2) is 4.39 Å². The summed E-state index contributed by atoms with van der Waals surface area (Å²) in [5.41, 5.74) is 0.990. The first kappa shape index (κ1) is 15.4.